The molecule has 0 saturated carbocycles. The minimum atomic E-state index is -1.00. The molecule has 1 fully saturated rings. The lowest BCUT2D eigenvalue weighted by Crippen LogP contribution is -2.45. The highest BCUT2D eigenvalue weighted by molar-refractivity contribution is 5.35. The van der Waals surface area contributed by atoms with Crippen LogP contribution in [-0.2, 0) is 5.72 Å². The highest BCUT2D eigenvalue weighted by Gasteiger charge is 2.39. The molecule has 98 valence electrons. The summed E-state index contributed by atoms with van der Waals surface area (Å²) in [6.45, 7) is 1.89. The first-order valence-corrected chi connectivity index (χ1v) is 6.90. The maximum absolute atomic E-state index is 11.4. The van der Waals surface area contributed by atoms with Gasteiger partial charge in [0, 0.05) is 24.2 Å². The predicted octanol–water partition coefficient (Wildman–Crippen LogP) is 2.98. The minimum Gasteiger partial charge on any atom is -0.367 e. The van der Waals surface area contributed by atoms with Crippen LogP contribution in [0.4, 0.5) is 0 Å². The van der Waals surface area contributed by atoms with Crippen LogP contribution >= 0.6 is 0 Å². The van der Waals surface area contributed by atoms with Crippen molar-refractivity contribution >= 4 is 0 Å². The minimum absolute atomic E-state index is 0.945. The lowest BCUT2D eigenvalue weighted by Gasteiger charge is -2.38. The Morgan fingerprint density at radius 1 is 0.737 bits per heavy atom. The van der Waals surface area contributed by atoms with Crippen LogP contribution in [0.5, 0.6) is 0 Å². The van der Waals surface area contributed by atoms with E-state index >= 15 is 0 Å². The third-order valence-corrected chi connectivity index (χ3v) is 3.92. The number of hydrogen-bond donors (Lipinski definition) is 1. The largest absolute Gasteiger partial charge is 0.367 e. The Labute approximate surface area is 114 Å². The number of likely N-dealkylation sites (tertiary alicyclic amines) is 1. The first kappa shape index (κ1) is 12.4. The molecular formula is C17H19NO. The molecule has 2 aromatic carbocycles. The van der Waals surface area contributed by atoms with Crippen LogP contribution in [0.2, 0.25) is 0 Å². The molecule has 1 aliphatic rings. The zero-order valence-electron chi connectivity index (χ0n) is 11.0. The van der Waals surface area contributed by atoms with Crippen LogP contribution in [0, 0.1) is 0 Å². The number of aliphatic hydroxyl groups is 1. The molecule has 0 spiro atoms. The number of hydrogen-bond acceptors (Lipinski definition) is 2. The Morgan fingerprint density at radius 3 is 1.58 bits per heavy atom. The van der Waals surface area contributed by atoms with Gasteiger partial charge in [0.15, 0.2) is 5.72 Å². The fraction of sp³-hybridized carbons (Fsp3) is 0.294. The summed E-state index contributed by atoms with van der Waals surface area (Å²) < 4.78 is 0. The number of nitrogens with zero attached hydrogens (tertiary/aromatic N) is 1. The van der Waals surface area contributed by atoms with Gasteiger partial charge in [-0.1, -0.05) is 60.7 Å². The van der Waals surface area contributed by atoms with Crippen molar-refractivity contribution in [3.05, 3.63) is 71.8 Å². The average Bonchev–Trinajstić information content (AvgIpc) is 3.03. The van der Waals surface area contributed by atoms with Crippen molar-refractivity contribution in [1.82, 2.24) is 4.90 Å². The summed E-state index contributed by atoms with van der Waals surface area (Å²) >= 11 is 0. The molecule has 0 aliphatic carbocycles. The van der Waals surface area contributed by atoms with Crippen molar-refractivity contribution in [2.45, 2.75) is 18.6 Å². The van der Waals surface area contributed by atoms with Crippen molar-refractivity contribution in [1.29, 1.82) is 0 Å². The Kier molecular flexibility index (Phi) is 3.36. The summed E-state index contributed by atoms with van der Waals surface area (Å²) in [6, 6.07) is 19.9. The molecule has 19 heavy (non-hydrogen) atoms. The monoisotopic (exact) mass is 253 g/mol. The quantitative estimate of drug-likeness (QED) is 0.909. The molecule has 1 N–H and O–H groups in total. The number of benzene rings is 2. The van der Waals surface area contributed by atoms with Gasteiger partial charge in [-0.2, -0.15) is 0 Å². The van der Waals surface area contributed by atoms with Gasteiger partial charge in [-0.15, -0.1) is 0 Å². The van der Waals surface area contributed by atoms with E-state index < -0.39 is 5.72 Å². The van der Waals surface area contributed by atoms with E-state index in [-0.39, 0.29) is 0 Å². The van der Waals surface area contributed by atoms with Gasteiger partial charge in [-0.05, 0) is 12.8 Å². The van der Waals surface area contributed by atoms with Crippen LogP contribution in [0.15, 0.2) is 60.7 Å². The Balaban J connectivity index is 2.10. The van der Waals surface area contributed by atoms with E-state index in [2.05, 4.69) is 4.90 Å². The molecule has 3 rings (SSSR count). The second kappa shape index (κ2) is 5.16. The smallest absolute Gasteiger partial charge is 0.171 e. The average molecular weight is 253 g/mol. The molecule has 0 atom stereocenters. The first-order chi connectivity index (χ1) is 9.32. The number of rotatable bonds is 3. The third-order valence-electron chi connectivity index (χ3n) is 3.92. The molecule has 0 bridgehead atoms. The molecule has 2 heteroatoms. The van der Waals surface area contributed by atoms with E-state index in [9.17, 15) is 5.11 Å². The molecular weight excluding hydrogens is 234 g/mol. The van der Waals surface area contributed by atoms with Crippen molar-refractivity contribution < 1.29 is 5.11 Å². The predicted molar refractivity (Wildman–Crippen MR) is 76.7 cm³/mol. The van der Waals surface area contributed by atoms with Crippen molar-refractivity contribution in [2.75, 3.05) is 13.1 Å². The van der Waals surface area contributed by atoms with Crippen molar-refractivity contribution in [2.24, 2.45) is 0 Å². The molecule has 0 amide bonds. The van der Waals surface area contributed by atoms with Crippen LogP contribution in [0.3, 0.4) is 0 Å². The summed E-state index contributed by atoms with van der Waals surface area (Å²) in [5.41, 5.74) is 0.894. The second-order valence-corrected chi connectivity index (χ2v) is 5.10. The van der Waals surface area contributed by atoms with Crippen LogP contribution in [0.1, 0.15) is 24.0 Å². The van der Waals surface area contributed by atoms with E-state index in [1.54, 1.807) is 0 Å². The van der Waals surface area contributed by atoms with E-state index in [4.69, 9.17) is 0 Å². The van der Waals surface area contributed by atoms with Crippen LogP contribution in [0.25, 0.3) is 0 Å². The van der Waals surface area contributed by atoms with Gasteiger partial charge in [-0.25, -0.2) is 0 Å². The fourth-order valence-electron chi connectivity index (χ4n) is 2.91. The summed E-state index contributed by atoms with van der Waals surface area (Å²) in [7, 11) is 0. The molecule has 0 aromatic heterocycles. The van der Waals surface area contributed by atoms with Gasteiger partial charge in [0.25, 0.3) is 0 Å². The van der Waals surface area contributed by atoms with Gasteiger partial charge in [0.2, 0.25) is 0 Å². The third kappa shape index (κ3) is 2.18. The topological polar surface area (TPSA) is 23.5 Å². The maximum Gasteiger partial charge on any atom is 0.171 e. The standard InChI is InChI=1S/C17H19NO/c19-17(18-13-7-8-14-18,15-9-3-1-4-10-15)16-11-5-2-6-12-16/h1-6,9-12,19H,7-8,13-14H2. The summed E-state index contributed by atoms with van der Waals surface area (Å²) in [5, 5.41) is 11.4. The van der Waals surface area contributed by atoms with E-state index in [0.29, 0.717) is 0 Å². The Morgan fingerprint density at radius 2 is 1.16 bits per heavy atom. The molecule has 0 unspecified atom stereocenters. The molecule has 1 saturated heterocycles. The molecule has 2 nitrogen and oxygen atoms in total. The maximum atomic E-state index is 11.4. The Hall–Kier alpha value is -1.64. The van der Waals surface area contributed by atoms with E-state index in [1.165, 1.54) is 0 Å². The van der Waals surface area contributed by atoms with Gasteiger partial charge in [-0.3, -0.25) is 4.90 Å². The van der Waals surface area contributed by atoms with Crippen molar-refractivity contribution in [3.63, 3.8) is 0 Å². The lowest BCUT2D eigenvalue weighted by atomic mass is 9.93. The van der Waals surface area contributed by atoms with Gasteiger partial charge < -0.3 is 5.11 Å². The molecule has 1 heterocycles. The normalized spacial score (nSPS) is 16.7. The zero-order chi connectivity index (χ0) is 13.1. The molecule has 2 aromatic rings. The summed E-state index contributed by atoms with van der Waals surface area (Å²) in [4.78, 5) is 2.18. The fourth-order valence-corrected chi connectivity index (χ4v) is 2.91. The molecule has 0 radical (unpaired) electrons. The summed E-state index contributed by atoms with van der Waals surface area (Å²) in [5.74, 6) is 0. The Bertz CT molecular complexity index is 478. The van der Waals surface area contributed by atoms with Gasteiger partial charge >= 0.3 is 0 Å². The van der Waals surface area contributed by atoms with Crippen molar-refractivity contribution in [3.8, 4) is 0 Å². The summed E-state index contributed by atoms with van der Waals surface area (Å²) in [6.07, 6.45) is 2.31. The van der Waals surface area contributed by atoms with Gasteiger partial charge in [0.1, 0.15) is 0 Å². The van der Waals surface area contributed by atoms with Crippen LogP contribution in [-0.4, -0.2) is 23.1 Å². The lowest BCUT2D eigenvalue weighted by molar-refractivity contribution is -0.0677. The highest BCUT2D eigenvalue weighted by Crippen LogP contribution is 2.35. The van der Waals surface area contributed by atoms with Gasteiger partial charge in [0.05, 0.1) is 0 Å². The molecule has 1 aliphatic heterocycles. The second-order valence-electron chi connectivity index (χ2n) is 5.10. The first-order valence-electron chi connectivity index (χ1n) is 6.90. The SMILES string of the molecule is OC(c1ccccc1)(c1ccccc1)N1CCCC1. The van der Waals surface area contributed by atoms with E-state index in [0.717, 1.165) is 37.1 Å². The zero-order valence-corrected chi connectivity index (χ0v) is 11.0. The van der Waals surface area contributed by atoms with Crippen LogP contribution < -0.4 is 0 Å². The van der Waals surface area contributed by atoms with E-state index in [1.807, 2.05) is 60.7 Å². The highest BCUT2D eigenvalue weighted by atomic mass is 16.3.